The summed E-state index contributed by atoms with van der Waals surface area (Å²) in [5.41, 5.74) is 0.374. The molecule has 1 fully saturated rings. The van der Waals surface area contributed by atoms with E-state index in [4.69, 9.17) is 13.9 Å². The van der Waals surface area contributed by atoms with Crippen LogP contribution in [0.4, 0.5) is 0 Å². The summed E-state index contributed by atoms with van der Waals surface area (Å²) in [4.78, 5) is 22.4. The van der Waals surface area contributed by atoms with Crippen LogP contribution in [0.3, 0.4) is 0 Å². The van der Waals surface area contributed by atoms with Crippen molar-refractivity contribution in [3.63, 3.8) is 0 Å². The number of rotatable bonds is 3. The van der Waals surface area contributed by atoms with Gasteiger partial charge in [0, 0.05) is 17.5 Å². The van der Waals surface area contributed by atoms with Crippen molar-refractivity contribution in [2.45, 2.75) is 37.6 Å². The van der Waals surface area contributed by atoms with Crippen LogP contribution in [0.25, 0.3) is 11.0 Å². The summed E-state index contributed by atoms with van der Waals surface area (Å²) in [6.45, 7) is 1.73. The maximum Gasteiger partial charge on any atom is 0.336 e. The summed E-state index contributed by atoms with van der Waals surface area (Å²) in [6.07, 6.45) is -8.82. The lowest BCUT2D eigenvalue weighted by molar-refractivity contribution is -0.342. The van der Waals surface area contributed by atoms with Crippen molar-refractivity contribution in [2.75, 3.05) is 0 Å². The highest BCUT2D eigenvalue weighted by atomic mass is 16.7. The van der Waals surface area contributed by atoms with Crippen molar-refractivity contribution in [2.24, 2.45) is 0 Å². The Kier molecular flexibility index (Phi) is 4.48. The second kappa shape index (κ2) is 6.45. The lowest BCUT2D eigenvalue weighted by Crippen LogP contribution is -2.63. The number of ether oxygens (including phenoxy) is 2. The average Bonchev–Trinajstić information content (AvgIpc) is 2.54. The third-order valence-electron chi connectivity index (χ3n) is 3.98. The topological polar surface area (TPSA) is 149 Å². The molecule has 1 aliphatic rings. The summed E-state index contributed by atoms with van der Waals surface area (Å²) < 4.78 is 15.4. The molecule has 2 aromatic rings. The Labute approximate surface area is 140 Å². The van der Waals surface area contributed by atoms with E-state index in [-0.39, 0.29) is 11.3 Å². The number of carbonyl (C=O) groups is 1. The van der Waals surface area contributed by atoms with Gasteiger partial charge in [0.1, 0.15) is 35.7 Å². The second-order valence-electron chi connectivity index (χ2n) is 5.74. The van der Waals surface area contributed by atoms with Crippen molar-refractivity contribution in [1.82, 2.24) is 0 Å². The number of aryl methyl sites for hydroxylation is 1. The number of hydrogen-bond donors (Lipinski definition) is 3. The third-order valence-corrected chi connectivity index (χ3v) is 3.98. The highest BCUT2D eigenvalue weighted by molar-refractivity contribution is 5.81. The van der Waals surface area contributed by atoms with Crippen molar-refractivity contribution < 1.29 is 39.1 Å². The molecule has 0 unspecified atom stereocenters. The van der Waals surface area contributed by atoms with E-state index in [1.807, 2.05) is 0 Å². The van der Waals surface area contributed by atoms with Gasteiger partial charge >= 0.3 is 5.63 Å². The molecule has 3 rings (SSSR count). The molecule has 1 aliphatic heterocycles. The molecule has 0 aliphatic carbocycles. The fourth-order valence-electron chi connectivity index (χ4n) is 2.65. The fraction of sp³-hybridized carbons (Fsp3) is 0.375. The maximum absolute atomic E-state index is 11.4. The molecule has 0 radical (unpaired) electrons. The Morgan fingerprint density at radius 3 is 2.56 bits per heavy atom. The van der Waals surface area contributed by atoms with Gasteiger partial charge in [-0.05, 0) is 24.6 Å². The minimum Gasteiger partial charge on any atom is -0.547 e. The lowest BCUT2D eigenvalue weighted by Gasteiger charge is -2.40. The standard InChI is InChI=1S/C16H16O9/c1-6-4-10(17)24-9-5-7(2-3-8(6)9)23-16-13(20)11(18)12(19)14(25-16)15(21)22/h2-5,11-14,16,18-20H,1H3,(H,21,22)/p-1/t11-,12+,13+,14-,16+/m0/s1. The van der Waals surface area contributed by atoms with E-state index in [0.717, 1.165) is 0 Å². The molecule has 0 amide bonds. The van der Waals surface area contributed by atoms with Crippen LogP contribution in [0.1, 0.15) is 5.56 Å². The quantitative estimate of drug-likeness (QED) is 0.536. The number of aliphatic carboxylic acids is 1. The van der Waals surface area contributed by atoms with Crippen LogP contribution in [0.15, 0.2) is 33.5 Å². The van der Waals surface area contributed by atoms with Crippen LogP contribution in [-0.2, 0) is 9.53 Å². The monoisotopic (exact) mass is 351 g/mol. The average molecular weight is 351 g/mol. The largest absolute Gasteiger partial charge is 0.547 e. The van der Waals surface area contributed by atoms with E-state index in [0.29, 0.717) is 10.9 Å². The van der Waals surface area contributed by atoms with E-state index >= 15 is 0 Å². The van der Waals surface area contributed by atoms with Crippen molar-refractivity contribution in [3.05, 3.63) is 40.2 Å². The summed E-state index contributed by atoms with van der Waals surface area (Å²) in [7, 11) is 0. The molecular formula is C16H15O9-. The smallest absolute Gasteiger partial charge is 0.336 e. The molecule has 1 aromatic heterocycles. The number of fused-ring (bicyclic) bond motifs is 1. The predicted molar refractivity (Wildman–Crippen MR) is 79.5 cm³/mol. The Morgan fingerprint density at radius 1 is 1.16 bits per heavy atom. The number of carboxylic acids is 1. The fourth-order valence-corrected chi connectivity index (χ4v) is 2.65. The summed E-state index contributed by atoms with van der Waals surface area (Å²) in [5, 5.41) is 40.9. The van der Waals surface area contributed by atoms with E-state index in [1.165, 1.54) is 18.2 Å². The zero-order chi connectivity index (χ0) is 18.3. The number of carbonyl (C=O) groups excluding carboxylic acids is 1. The van der Waals surface area contributed by atoms with E-state index in [1.54, 1.807) is 13.0 Å². The Balaban J connectivity index is 1.89. The van der Waals surface area contributed by atoms with Gasteiger partial charge in [0.25, 0.3) is 0 Å². The number of carboxylic acid groups (broad SMARTS) is 1. The highest BCUT2D eigenvalue weighted by Gasteiger charge is 2.45. The van der Waals surface area contributed by atoms with Gasteiger partial charge in [-0.3, -0.25) is 0 Å². The molecule has 2 heterocycles. The molecule has 1 aromatic carbocycles. The van der Waals surface area contributed by atoms with E-state index in [2.05, 4.69) is 0 Å². The predicted octanol–water partition coefficient (Wildman–Crippen LogP) is -1.96. The Morgan fingerprint density at radius 2 is 1.88 bits per heavy atom. The zero-order valence-electron chi connectivity index (χ0n) is 13.0. The first-order chi connectivity index (χ1) is 11.8. The number of hydrogen-bond acceptors (Lipinski definition) is 9. The SMILES string of the molecule is Cc1cc(=O)oc2cc(O[C@@H]3O[C@H](C(=O)[O-])[C@H](O)[C@H](O)[C@H]3O)ccc12. The van der Waals surface area contributed by atoms with E-state index in [9.17, 15) is 30.0 Å². The van der Waals surface area contributed by atoms with Gasteiger partial charge in [0.05, 0.1) is 5.97 Å². The summed E-state index contributed by atoms with van der Waals surface area (Å²) in [5.74, 6) is -1.65. The number of aliphatic hydroxyl groups is 3. The minimum absolute atomic E-state index is 0.103. The third kappa shape index (κ3) is 3.22. The van der Waals surface area contributed by atoms with Crippen LogP contribution in [0.2, 0.25) is 0 Å². The van der Waals surface area contributed by atoms with Crippen molar-refractivity contribution in [1.29, 1.82) is 0 Å². The Hall–Kier alpha value is -2.46. The van der Waals surface area contributed by atoms with Gasteiger partial charge < -0.3 is 39.1 Å². The molecular weight excluding hydrogens is 336 g/mol. The summed E-state index contributed by atoms with van der Waals surface area (Å²) >= 11 is 0. The zero-order valence-corrected chi connectivity index (χ0v) is 13.0. The molecule has 0 saturated carbocycles. The second-order valence-corrected chi connectivity index (χ2v) is 5.74. The number of benzene rings is 1. The first-order valence-corrected chi connectivity index (χ1v) is 7.39. The summed E-state index contributed by atoms with van der Waals surface area (Å²) in [6, 6.07) is 5.81. The van der Waals surface area contributed by atoms with Crippen LogP contribution >= 0.6 is 0 Å². The van der Waals surface area contributed by atoms with Crippen LogP contribution in [-0.4, -0.2) is 52.0 Å². The number of aliphatic hydroxyl groups excluding tert-OH is 3. The van der Waals surface area contributed by atoms with Gasteiger partial charge in [-0.15, -0.1) is 0 Å². The van der Waals surface area contributed by atoms with Gasteiger partial charge in [-0.25, -0.2) is 4.79 Å². The normalized spacial score (nSPS) is 29.5. The molecule has 25 heavy (non-hydrogen) atoms. The van der Waals surface area contributed by atoms with E-state index < -0.39 is 42.3 Å². The van der Waals surface area contributed by atoms with Crippen LogP contribution < -0.4 is 15.5 Å². The van der Waals surface area contributed by atoms with Crippen molar-refractivity contribution in [3.8, 4) is 5.75 Å². The first-order valence-electron chi connectivity index (χ1n) is 7.39. The van der Waals surface area contributed by atoms with Gasteiger partial charge in [-0.2, -0.15) is 0 Å². The molecule has 134 valence electrons. The van der Waals surface area contributed by atoms with Gasteiger partial charge in [-0.1, -0.05) is 0 Å². The minimum atomic E-state index is -1.87. The maximum atomic E-state index is 11.4. The molecule has 1 saturated heterocycles. The van der Waals surface area contributed by atoms with Crippen LogP contribution in [0, 0.1) is 6.92 Å². The molecule has 0 bridgehead atoms. The molecule has 9 nitrogen and oxygen atoms in total. The lowest BCUT2D eigenvalue weighted by atomic mass is 9.99. The molecule has 0 spiro atoms. The van der Waals surface area contributed by atoms with Crippen LogP contribution in [0.5, 0.6) is 5.75 Å². The molecule has 3 N–H and O–H groups in total. The Bertz CT molecular complexity index is 858. The molecule has 5 atom stereocenters. The molecule has 9 heteroatoms. The first kappa shape index (κ1) is 17.4. The van der Waals surface area contributed by atoms with Crippen molar-refractivity contribution >= 4 is 16.9 Å². The van der Waals surface area contributed by atoms with Gasteiger partial charge in [0.15, 0.2) is 0 Å². The van der Waals surface area contributed by atoms with Gasteiger partial charge in [0.2, 0.25) is 6.29 Å². The highest BCUT2D eigenvalue weighted by Crippen LogP contribution is 2.27.